The maximum atomic E-state index is 12.8. The first-order valence-electron chi connectivity index (χ1n) is 6.74. The van der Waals surface area contributed by atoms with E-state index in [9.17, 15) is 13.2 Å². The number of aromatic nitrogens is 2. The Bertz CT molecular complexity index is 1020. The van der Waals surface area contributed by atoms with Crippen molar-refractivity contribution in [1.82, 2.24) is 9.78 Å². The lowest BCUT2D eigenvalue weighted by atomic mass is 10.2. The number of allylic oxidation sites excluding steroid dienone is 2. The molecule has 6 nitrogen and oxygen atoms in total. The summed E-state index contributed by atoms with van der Waals surface area (Å²) in [5.74, 6) is 0. The second-order valence-corrected chi connectivity index (χ2v) is 6.40. The molecule has 0 aliphatic rings. The average molecular weight is 478 g/mol. The molecule has 12 heteroatoms. The number of hydrogen-bond donors (Lipinski definition) is 1. The molecule has 0 atom stereocenters. The first kappa shape index (κ1) is 20.8. The van der Waals surface area contributed by atoms with Crippen molar-refractivity contribution in [2.45, 2.75) is 6.18 Å². The lowest BCUT2D eigenvalue weighted by molar-refractivity contribution is -0.137. The summed E-state index contributed by atoms with van der Waals surface area (Å²) in [4.78, 5) is 3.79. The SMILES string of the molecule is N#CC(N)=C(C#N)N=Cc1cnn(-c2c(Cl)cc(C(F)(F)F)cc2Cl)c1Br. The van der Waals surface area contributed by atoms with Crippen molar-refractivity contribution in [2.75, 3.05) is 0 Å². The molecule has 0 spiro atoms. The largest absolute Gasteiger partial charge is 0.416 e. The second kappa shape index (κ2) is 8.01. The highest BCUT2D eigenvalue weighted by molar-refractivity contribution is 9.10. The molecular weight excluding hydrogens is 472 g/mol. The third-order valence-electron chi connectivity index (χ3n) is 3.11. The number of hydrogen-bond acceptors (Lipinski definition) is 5. The van der Waals surface area contributed by atoms with Crippen LogP contribution in [0.3, 0.4) is 0 Å². The molecule has 1 aromatic heterocycles. The van der Waals surface area contributed by atoms with Crippen molar-refractivity contribution in [2.24, 2.45) is 10.7 Å². The van der Waals surface area contributed by atoms with E-state index < -0.39 is 11.7 Å². The Morgan fingerprint density at radius 1 is 1.26 bits per heavy atom. The second-order valence-electron chi connectivity index (χ2n) is 4.83. The summed E-state index contributed by atoms with van der Waals surface area (Å²) in [5.41, 5.74) is 4.02. The normalized spacial score (nSPS) is 12.6. The molecule has 0 bridgehead atoms. The van der Waals surface area contributed by atoms with Crippen LogP contribution in [-0.4, -0.2) is 16.0 Å². The summed E-state index contributed by atoms with van der Waals surface area (Å²) in [5, 5.41) is 21.1. The maximum Gasteiger partial charge on any atom is 0.416 e. The van der Waals surface area contributed by atoms with E-state index in [-0.39, 0.29) is 31.7 Å². The van der Waals surface area contributed by atoms with Gasteiger partial charge in [-0.1, -0.05) is 23.2 Å². The number of nitrogens with two attached hydrogens (primary N) is 1. The third kappa shape index (κ3) is 4.42. The quantitative estimate of drug-likeness (QED) is 0.515. The third-order valence-corrected chi connectivity index (χ3v) is 4.48. The van der Waals surface area contributed by atoms with Crippen LogP contribution in [0, 0.1) is 22.7 Å². The van der Waals surface area contributed by atoms with Crippen molar-refractivity contribution >= 4 is 45.3 Å². The molecule has 0 saturated heterocycles. The summed E-state index contributed by atoms with van der Waals surface area (Å²) in [6, 6.07) is 4.72. The predicted octanol–water partition coefficient (Wildman–Crippen LogP) is 4.60. The van der Waals surface area contributed by atoms with E-state index in [0.29, 0.717) is 5.56 Å². The van der Waals surface area contributed by atoms with Crippen LogP contribution in [0.15, 0.2) is 39.3 Å². The van der Waals surface area contributed by atoms with Crippen molar-refractivity contribution in [3.63, 3.8) is 0 Å². The van der Waals surface area contributed by atoms with Crippen LogP contribution in [0.4, 0.5) is 13.2 Å². The maximum absolute atomic E-state index is 12.8. The van der Waals surface area contributed by atoms with Gasteiger partial charge < -0.3 is 5.73 Å². The monoisotopic (exact) mass is 476 g/mol. The Labute approximate surface area is 169 Å². The average Bonchev–Trinajstić information content (AvgIpc) is 2.94. The number of aliphatic imine (C=N–C) groups is 1. The first-order chi connectivity index (χ1) is 12.6. The van der Waals surface area contributed by atoms with Gasteiger partial charge in [-0.3, -0.25) is 0 Å². The molecule has 1 aromatic carbocycles. The van der Waals surface area contributed by atoms with Gasteiger partial charge in [-0.2, -0.15) is 28.8 Å². The Morgan fingerprint density at radius 2 is 1.85 bits per heavy atom. The predicted molar refractivity (Wildman–Crippen MR) is 96.3 cm³/mol. The fraction of sp³-hybridized carbons (Fsp3) is 0.0667. The van der Waals surface area contributed by atoms with Crippen LogP contribution < -0.4 is 5.73 Å². The van der Waals surface area contributed by atoms with E-state index >= 15 is 0 Å². The van der Waals surface area contributed by atoms with Crippen LogP contribution in [-0.2, 0) is 6.18 Å². The zero-order valence-corrected chi connectivity index (χ0v) is 16.0. The van der Waals surface area contributed by atoms with Gasteiger partial charge in [-0.15, -0.1) is 0 Å². The zero-order chi connectivity index (χ0) is 20.4. The summed E-state index contributed by atoms with van der Waals surface area (Å²) < 4.78 is 39.9. The molecule has 0 saturated carbocycles. The highest BCUT2D eigenvalue weighted by Gasteiger charge is 2.32. The molecular formula is C15H6BrCl2F3N6. The number of nitriles is 2. The van der Waals surface area contributed by atoms with Crippen molar-refractivity contribution in [3.8, 4) is 17.8 Å². The topological polar surface area (TPSA) is 104 Å². The molecule has 2 rings (SSSR count). The minimum atomic E-state index is -4.61. The number of halogens is 6. The van der Waals surface area contributed by atoms with Crippen molar-refractivity contribution in [1.29, 1.82) is 10.5 Å². The van der Waals surface area contributed by atoms with Crippen LogP contribution in [0.25, 0.3) is 5.69 Å². The van der Waals surface area contributed by atoms with Gasteiger partial charge in [0.1, 0.15) is 28.1 Å². The van der Waals surface area contributed by atoms with E-state index in [1.165, 1.54) is 12.4 Å². The summed E-state index contributed by atoms with van der Waals surface area (Å²) in [7, 11) is 0. The lowest BCUT2D eigenvalue weighted by Crippen LogP contribution is -2.07. The Morgan fingerprint density at radius 3 is 2.33 bits per heavy atom. The molecule has 27 heavy (non-hydrogen) atoms. The molecule has 1 heterocycles. The van der Waals surface area contributed by atoms with Gasteiger partial charge in [0, 0.05) is 11.8 Å². The fourth-order valence-corrected chi connectivity index (χ4v) is 2.99. The zero-order valence-electron chi connectivity index (χ0n) is 12.9. The van der Waals surface area contributed by atoms with Gasteiger partial charge in [0.25, 0.3) is 0 Å². The number of benzene rings is 1. The molecule has 0 unspecified atom stereocenters. The van der Waals surface area contributed by atoms with Gasteiger partial charge >= 0.3 is 6.18 Å². The Kier molecular flexibility index (Phi) is 6.16. The molecule has 0 amide bonds. The van der Waals surface area contributed by atoms with Crippen molar-refractivity contribution < 1.29 is 13.2 Å². The summed E-state index contributed by atoms with van der Waals surface area (Å²) >= 11 is 15.1. The minimum absolute atomic E-state index is 0.0189. The van der Waals surface area contributed by atoms with E-state index in [1.807, 2.05) is 0 Å². The number of rotatable bonds is 3. The number of nitrogens with zero attached hydrogens (tertiary/aromatic N) is 5. The standard InChI is InChI=1S/C15H6BrCl2F3N6/c16-14-7(5-25-12(4-23)11(24)3-22)6-26-27(14)13-9(17)1-8(2-10(13)18)15(19,20)21/h1-2,5-6H,24H2. The molecule has 0 fully saturated rings. The van der Waals surface area contributed by atoms with E-state index in [1.54, 1.807) is 12.1 Å². The van der Waals surface area contributed by atoms with E-state index in [2.05, 4.69) is 26.0 Å². The molecule has 0 aliphatic carbocycles. The summed E-state index contributed by atoms with van der Waals surface area (Å²) in [6.45, 7) is 0. The smallest absolute Gasteiger partial charge is 0.388 e. The highest BCUT2D eigenvalue weighted by Crippen LogP contribution is 2.38. The van der Waals surface area contributed by atoms with Gasteiger partial charge in [-0.25, -0.2) is 9.67 Å². The lowest BCUT2D eigenvalue weighted by Gasteiger charge is -2.13. The molecule has 0 radical (unpaired) electrons. The summed E-state index contributed by atoms with van der Waals surface area (Å²) in [6.07, 6.45) is -2.11. The van der Waals surface area contributed by atoms with Crippen LogP contribution in [0.5, 0.6) is 0 Å². The van der Waals surface area contributed by atoms with Gasteiger partial charge in [-0.05, 0) is 28.1 Å². The highest BCUT2D eigenvalue weighted by atomic mass is 79.9. The first-order valence-corrected chi connectivity index (χ1v) is 8.29. The van der Waals surface area contributed by atoms with E-state index in [4.69, 9.17) is 39.5 Å². The van der Waals surface area contributed by atoms with Crippen LogP contribution >= 0.6 is 39.1 Å². The Hall–Kier alpha value is -2.53. The molecule has 138 valence electrons. The molecule has 2 N–H and O–H groups in total. The van der Waals surface area contributed by atoms with Gasteiger partial charge in [0.15, 0.2) is 5.70 Å². The number of alkyl halides is 3. The molecule has 0 aliphatic heterocycles. The van der Waals surface area contributed by atoms with Gasteiger partial charge in [0.05, 0.1) is 21.8 Å². The minimum Gasteiger partial charge on any atom is -0.388 e. The fourth-order valence-electron chi connectivity index (χ4n) is 1.87. The van der Waals surface area contributed by atoms with Crippen molar-refractivity contribution in [3.05, 3.63) is 55.5 Å². The van der Waals surface area contributed by atoms with Crippen LogP contribution in [0.2, 0.25) is 10.0 Å². The van der Waals surface area contributed by atoms with E-state index in [0.717, 1.165) is 16.8 Å². The Balaban J connectivity index is 2.51. The van der Waals surface area contributed by atoms with Crippen LogP contribution in [0.1, 0.15) is 11.1 Å². The molecule has 2 aromatic rings. The van der Waals surface area contributed by atoms with Gasteiger partial charge in [0.2, 0.25) is 0 Å².